The predicted molar refractivity (Wildman–Crippen MR) is 137 cm³/mol. The summed E-state index contributed by atoms with van der Waals surface area (Å²) in [5, 5.41) is 5.84. The number of para-hydroxylation sites is 1. The summed E-state index contributed by atoms with van der Waals surface area (Å²) >= 11 is 13.3. The minimum absolute atomic E-state index is 0.136. The molecule has 2 heterocycles. The number of halogens is 2. The van der Waals surface area contributed by atoms with Crippen LogP contribution in [-0.4, -0.2) is 25.9 Å². The van der Waals surface area contributed by atoms with E-state index in [9.17, 15) is 13.2 Å². The molecule has 5 rings (SSSR count). The van der Waals surface area contributed by atoms with Crippen LogP contribution in [0.25, 0.3) is 11.3 Å². The Hall–Kier alpha value is -2.91. The van der Waals surface area contributed by atoms with Crippen molar-refractivity contribution in [2.75, 3.05) is 16.2 Å². The lowest BCUT2D eigenvalue weighted by atomic mass is 10.2. The Morgan fingerprint density at radius 3 is 2.53 bits per heavy atom. The van der Waals surface area contributed by atoms with Gasteiger partial charge < -0.3 is 0 Å². The van der Waals surface area contributed by atoms with E-state index in [4.69, 9.17) is 23.2 Å². The second-order valence-electron chi connectivity index (χ2n) is 7.60. The topological polar surface area (TPSA) is 79.4 Å². The third-order valence-corrected chi connectivity index (χ3v) is 8.81. The molecule has 3 aromatic carbocycles. The molecule has 1 N–H and O–H groups in total. The van der Waals surface area contributed by atoms with E-state index in [1.165, 1.54) is 39.9 Å². The molecule has 0 atom stereocenters. The number of sulfonamides is 1. The van der Waals surface area contributed by atoms with Gasteiger partial charge in [0, 0.05) is 23.1 Å². The minimum Gasteiger partial charge on any atom is -0.298 e. The van der Waals surface area contributed by atoms with Gasteiger partial charge in [-0.15, -0.1) is 11.3 Å². The molecule has 1 amide bonds. The normalized spacial score (nSPS) is 13.1. The monoisotopic (exact) mass is 529 g/mol. The van der Waals surface area contributed by atoms with Gasteiger partial charge in [0.25, 0.3) is 15.9 Å². The first-order chi connectivity index (χ1) is 16.3. The van der Waals surface area contributed by atoms with Gasteiger partial charge in [0.1, 0.15) is 0 Å². The van der Waals surface area contributed by atoms with E-state index in [0.717, 1.165) is 11.1 Å². The molecule has 0 saturated carbocycles. The van der Waals surface area contributed by atoms with Crippen molar-refractivity contribution in [1.82, 2.24) is 4.98 Å². The molecule has 0 fully saturated rings. The number of benzene rings is 3. The Labute approximate surface area is 210 Å². The van der Waals surface area contributed by atoms with Gasteiger partial charge in [0.15, 0.2) is 5.13 Å². The van der Waals surface area contributed by atoms with Crippen LogP contribution in [-0.2, 0) is 16.4 Å². The maximum Gasteiger partial charge on any atom is 0.264 e. The molecule has 1 aromatic heterocycles. The van der Waals surface area contributed by atoms with E-state index >= 15 is 0 Å². The zero-order valence-corrected chi connectivity index (χ0v) is 20.7. The number of thiazole rings is 1. The van der Waals surface area contributed by atoms with Crippen LogP contribution in [0.2, 0.25) is 10.0 Å². The van der Waals surface area contributed by atoms with Crippen LogP contribution in [0.15, 0.2) is 77.0 Å². The zero-order chi connectivity index (χ0) is 23.9. The van der Waals surface area contributed by atoms with Gasteiger partial charge in [-0.1, -0.05) is 47.5 Å². The van der Waals surface area contributed by atoms with Crippen molar-refractivity contribution in [2.24, 2.45) is 0 Å². The van der Waals surface area contributed by atoms with E-state index < -0.39 is 10.0 Å². The van der Waals surface area contributed by atoms with Gasteiger partial charge in [-0.25, -0.2) is 13.4 Å². The summed E-state index contributed by atoms with van der Waals surface area (Å²) < 4.78 is 27.7. The molecule has 1 aliphatic rings. The van der Waals surface area contributed by atoms with Gasteiger partial charge in [-0.2, -0.15) is 0 Å². The third kappa shape index (κ3) is 4.30. The third-order valence-electron chi connectivity index (χ3n) is 5.49. The Morgan fingerprint density at radius 1 is 1.00 bits per heavy atom. The van der Waals surface area contributed by atoms with Crippen LogP contribution in [0.1, 0.15) is 15.9 Å². The number of amides is 1. The van der Waals surface area contributed by atoms with Crippen LogP contribution in [0, 0.1) is 0 Å². The summed E-state index contributed by atoms with van der Waals surface area (Å²) in [6.45, 7) is 0.398. The fourth-order valence-corrected chi connectivity index (χ4v) is 6.27. The molecular formula is C24H17Cl2N3O3S2. The highest BCUT2D eigenvalue weighted by Gasteiger charge is 2.30. The average molecular weight is 530 g/mol. The summed E-state index contributed by atoms with van der Waals surface area (Å²) in [7, 11) is -3.72. The summed E-state index contributed by atoms with van der Waals surface area (Å²) in [6.07, 6.45) is 0.675. The summed E-state index contributed by atoms with van der Waals surface area (Å²) in [5.41, 5.74) is 3.47. The molecule has 34 heavy (non-hydrogen) atoms. The second kappa shape index (κ2) is 9.03. The van der Waals surface area contributed by atoms with E-state index in [2.05, 4.69) is 10.3 Å². The van der Waals surface area contributed by atoms with Gasteiger partial charge in [0.2, 0.25) is 0 Å². The quantitative estimate of drug-likeness (QED) is 0.337. The van der Waals surface area contributed by atoms with Crippen molar-refractivity contribution in [3.05, 3.63) is 93.3 Å². The smallest absolute Gasteiger partial charge is 0.264 e. The first-order valence-electron chi connectivity index (χ1n) is 10.3. The number of carbonyl (C=O) groups is 1. The van der Waals surface area contributed by atoms with Gasteiger partial charge >= 0.3 is 0 Å². The first kappa shape index (κ1) is 22.9. The zero-order valence-electron chi connectivity index (χ0n) is 17.5. The van der Waals surface area contributed by atoms with Crippen molar-refractivity contribution in [3.8, 4) is 11.3 Å². The Morgan fingerprint density at radius 2 is 1.76 bits per heavy atom. The number of nitrogens with zero attached hydrogens (tertiary/aromatic N) is 2. The number of hydrogen-bond donors (Lipinski definition) is 1. The number of rotatable bonds is 5. The molecule has 6 nitrogen and oxygen atoms in total. The lowest BCUT2D eigenvalue weighted by Gasteiger charge is -2.19. The molecule has 4 aromatic rings. The fraction of sp³-hybridized carbons (Fsp3) is 0.0833. The minimum atomic E-state index is -3.72. The van der Waals surface area contributed by atoms with Crippen LogP contribution in [0.5, 0.6) is 0 Å². The number of anilines is 2. The summed E-state index contributed by atoms with van der Waals surface area (Å²) in [6, 6.07) is 18.6. The molecule has 0 bridgehead atoms. The Kier molecular flexibility index (Phi) is 6.07. The van der Waals surface area contributed by atoms with E-state index in [0.29, 0.717) is 45.1 Å². The summed E-state index contributed by atoms with van der Waals surface area (Å²) in [4.78, 5) is 17.3. The fourth-order valence-electron chi connectivity index (χ4n) is 3.75. The summed E-state index contributed by atoms with van der Waals surface area (Å²) in [5.74, 6) is -0.384. The van der Waals surface area contributed by atoms with Crippen molar-refractivity contribution < 1.29 is 13.2 Å². The van der Waals surface area contributed by atoms with Crippen molar-refractivity contribution >= 4 is 61.3 Å². The van der Waals surface area contributed by atoms with Crippen LogP contribution in [0.3, 0.4) is 0 Å². The lowest BCUT2D eigenvalue weighted by Crippen LogP contribution is -2.29. The molecule has 0 spiro atoms. The molecule has 0 radical (unpaired) electrons. The standard InChI is InChI=1S/C24H17Cl2N3O3S2/c25-19-10-7-17(13-20(19)26)21-14-33-24(27-21)28-23(30)16-5-8-18(9-6-16)34(31,32)29-12-11-15-3-1-2-4-22(15)29/h1-10,13-14H,11-12H2,(H,27,28,30). The van der Waals surface area contributed by atoms with Gasteiger partial charge in [0.05, 0.1) is 26.3 Å². The lowest BCUT2D eigenvalue weighted by molar-refractivity contribution is 0.102. The number of carbonyl (C=O) groups excluding carboxylic acids is 1. The molecular weight excluding hydrogens is 513 g/mol. The molecule has 10 heteroatoms. The number of fused-ring (bicyclic) bond motifs is 1. The first-order valence-corrected chi connectivity index (χ1v) is 13.3. The van der Waals surface area contributed by atoms with E-state index in [-0.39, 0.29) is 10.8 Å². The Balaban J connectivity index is 1.31. The number of nitrogens with one attached hydrogen (secondary N) is 1. The highest BCUT2D eigenvalue weighted by molar-refractivity contribution is 7.92. The molecule has 172 valence electrons. The highest BCUT2D eigenvalue weighted by Crippen LogP contribution is 2.33. The Bertz CT molecular complexity index is 1500. The molecule has 0 unspecified atom stereocenters. The maximum atomic E-state index is 13.2. The molecule has 0 saturated heterocycles. The van der Waals surface area contributed by atoms with Crippen LogP contribution >= 0.6 is 34.5 Å². The van der Waals surface area contributed by atoms with E-state index in [1.807, 2.05) is 24.3 Å². The van der Waals surface area contributed by atoms with Crippen LogP contribution < -0.4 is 9.62 Å². The maximum absolute atomic E-state index is 13.2. The van der Waals surface area contributed by atoms with E-state index in [1.54, 1.807) is 23.6 Å². The van der Waals surface area contributed by atoms with Crippen molar-refractivity contribution in [3.63, 3.8) is 0 Å². The van der Waals surface area contributed by atoms with Crippen molar-refractivity contribution in [1.29, 1.82) is 0 Å². The average Bonchev–Trinajstić information content (AvgIpc) is 3.48. The molecule has 1 aliphatic heterocycles. The molecule has 0 aliphatic carbocycles. The van der Waals surface area contributed by atoms with Gasteiger partial charge in [-0.3, -0.25) is 14.4 Å². The predicted octanol–water partition coefficient (Wildman–Crippen LogP) is 6.12. The van der Waals surface area contributed by atoms with Crippen LogP contribution in [0.4, 0.5) is 10.8 Å². The largest absolute Gasteiger partial charge is 0.298 e. The number of hydrogen-bond acceptors (Lipinski definition) is 5. The van der Waals surface area contributed by atoms with Crippen molar-refractivity contribution in [2.45, 2.75) is 11.3 Å². The van der Waals surface area contributed by atoms with Gasteiger partial charge in [-0.05, 0) is 54.4 Å². The highest BCUT2D eigenvalue weighted by atomic mass is 35.5. The number of aromatic nitrogens is 1. The second-order valence-corrected chi connectivity index (χ2v) is 11.1. The SMILES string of the molecule is O=C(Nc1nc(-c2ccc(Cl)c(Cl)c2)cs1)c1ccc(S(=O)(=O)N2CCc3ccccc32)cc1.